The molecule has 0 radical (unpaired) electrons. The maximum absolute atomic E-state index is 14.1. The zero-order valence-corrected chi connectivity index (χ0v) is 32.0. The van der Waals surface area contributed by atoms with Crippen molar-refractivity contribution in [2.75, 3.05) is 20.3 Å². The standard InChI is InChI=1S/C42H53N5O6/c1-8-46-36-14-13-28-22-32(36)33(39(46)31-11-9-15-43-38(31)26(4)52-7)23-42(5,6)24-53-41(51)34-12-10-16-47(45-34)40(50)35(44-37(49)17-25(2)3)20-27-18-29(28)21-30(48)19-27/h9,11,13-15,18-19,21-22,25-26,34-35,45,48H,8,10,12,16-17,20,23-24H2,1-7H3,(H,44,49)/t26-,34-,35-/m0/s1. The lowest BCUT2D eigenvalue weighted by molar-refractivity contribution is -0.155. The van der Waals surface area contributed by atoms with E-state index in [0.29, 0.717) is 37.9 Å². The molecule has 6 rings (SSSR count). The van der Waals surface area contributed by atoms with Gasteiger partial charge in [0.15, 0.2) is 0 Å². The lowest BCUT2D eigenvalue weighted by Gasteiger charge is -2.35. The van der Waals surface area contributed by atoms with E-state index in [1.807, 2.05) is 32.9 Å². The number of cyclic esters (lactones) is 1. The van der Waals surface area contributed by atoms with Crippen LogP contribution in [0.5, 0.6) is 5.75 Å². The van der Waals surface area contributed by atoms with Crippen molar-refractivity contribution in [1.29, 1.82) is 0 Å². The van der Waals surface area contributed by atoms with Gasteiger partial charge in [-0.25, -0.2) is 5.43 Å². The van der Waals surface area contributed by atoms with Crippen LogP contribution in [-0.2, 0) is 43.2 Å². The second kappa shape index (κ2) is 15.7. The predicted molar refractivity (Wildman–Crippen MR) is 205 cm³/mol. The number of hydrogen-bond donors (Lipinski definition) is 3. The fraction of sp³-hybridized carbons (Fsp3) is 0.476. The van der Waals surface area contributed by atoms with Gasteiger partial charge in [0.25, 0.3) is 5.91 Å². The first kappa shape index (κ1) is 38.0. The smallest absolute Gasteiger partial charge is 0.324 e. The third-order valence-corrected chi connectivity index (χ3v) is 10.3. The van der Waals surface area contributed by atoms with Crippen LogP contribution >= 0.6 is 0 Å². The van der Waals surface area contributed by atoms with E-state index < -0.39 is 23.5 Å². The first-order valence-electron chi connectivity index (χ1n) is 18.8. The van der Waals surface area contributed by atoms with Gasteiger partial charge in [0.05, 0.1) is 24.1 Å². The number of hydrogen-bond acceptors (Lipinski definition) is 8. The molecule has 11 heteroatoms. The average molecular weight is 724 g/mol. The van der Waals surface area contributed by atoms with Gasteiger partial charge in [-0.1, -0.05) is 39.8 Å². The summed E-state index contributed by atoms with van der Waals surface area (Å²) in [5.74, 6) is -0.835. The Morgan fingerprint density at radius 1 is 1.13 bits per heavy atom. The molecule has 2 aliphatic heterocycles. The Hall–Kier alpha value is -4.74. The van der Waals surface area contributed by atoms with Gasteiger partial charge >= 0.3 is 5.97 Å². The number of phenols is 1. The third-order valence-electron chi connectivity index (χ3n) is 10.3. The minimum atomic E-state index is -0.922. The van der Waals surface area contributed by atoms with Crippen molar-refractivity contribution in [2.24, 2.45) is 11.3 Å². The van der Waals surface area contributed by atoms with Gasteiger partial charge < -0.3 is 24.5 Å². The van der Waals surface area contributed by atoms with Crippen molar-refractivity contribution in [1.82, 2.24) is 25.3 Å². The third kappa shape index (κ3) is 8.26. The van der Waals surface area contributed by atoms with Crippen molar-refractivity contribution in [3.63, 3.8) is 0 Å². The first-order valence-corrected chi connectivity index (χ1v) is 18.8. The molecular formula is C42H53N5O6. The van der Waals surface area contributed by atoms with Gasteiger partial charge in [-0.2, -0.15) is 0 Å². The molecule has 0 unspecified atom stereocenters. The summed E-state index contributed by atoms with van der Waals surface area (Å²) in [6, 6.07) is 14.1. The maximum atomic E-state index is 14.1. The van der Waals surface area contributed by atoms with Gasteiger partial charge in [0, 0.05) is 61.1 Å². The maximum Gasteiger partial charge on any atom is 0.324 e. The Bertz CT molecular complexity index is 2000. The fourth-order valence-corrected chi connectivity index (χ4v) is 7.69. The van der Waals surface area contributed by atoms with Crippen LogP contribution in [0, 0.1) is 11.3 Å². The molecule has 2 aliphatic rings. The summed E-state index contributed by atoms with van der Waals surface area (Å²) in [5, 5.41) is 16.5. The molecule has 0 aliphatic carbocycles. The van der Waals surface area contributed by atoms with Gasteiger partial charge in [-0.15, -0.1) is 0 Å². The zero-order chi connectivity index (χ0) is 38.0. The number of aromatic hydroxyl groups is 1. The molecule has 4 heterocycles. The van der Waals surface area contributed by atoms with Gasteiger partial charge in [0.1, 0.15) is 17.8 Å². The molecule has 1 saturated heterocycles. The van der Waals surface area contributed by atoms with E-state index in [0.717, 1.165) is 44.5 Å². The molecule has 3 atom stereocenters. The molecule has 11 nitrogen and oxygen atoms in total. The molecule has 282 valence electrons. The number of carbonyl (C=O) groups is 3. The van der Waals surface area contributed by atoms with E-state index >= 15 is 0 Å². The number of aryl methyl sites for hydroxylation is 1. The Balaban J connectivity index is 1.54. The monoisotopic (exact) mass is 723 g/mol. The number of nitrogens with one attached hydrogen (secondary N) is 2. The summed E-state index contributed by atoms with van der Waals surface area (Å²) in [5.41, 5.74) is 10.0. The molecule has 0 saturated carbocycles. The number of benzene rings is 2. The number of rotatable bonds is 7. The lowest BCUT2D eigenvalue weighted by atomic mass is 9.84. The number of phenolic OH excluding ortho intramolecular Hbond substituents is 1. The number of ether oxygens (including phenoxy) is 2. The topological polar surface area (TPSA) is 135 Å². The summed E-state index contributed by atoms with van der Waals surface area (Å²) in [4.78, 5) is 45.6. The zero-order valence-electron chi connectivity index (χ0n) is 32.0. The summed E-state index contributed by atoms with van der Waals surface area (Å²) in [6.07, 6.45) is 3.66. The molecule has 6 bridgehead atoms. The quantitative estimate of drug-likeness (QED) is 0.184. The second-order valence-corrected chi connectivity index (χ2v) is 15.7. The van der Waals surface area contributed by atoms with Gasteiger partial charge in [-0.05, 0) is 97.7 Å². The largest absolute Gasteiger partial charge is 0.508 e. The van der Waals surface area contributed by atoms with E-state index in [9.17, 15) is 19.5 Å². The number of carbonyl (C=O) groups excluding carboxylic acids is 3. The number of esters is 1. The summed E-state index contributed by atoms with van der Waals surface area (Å²) >= 11 is 0. The van der Waals surface area contributed by atoms with Crippen molar-refractivity contribution < 1.29 is 29.0 Å². The molecule has 2 aromatic heterocycles. The summed E-state index contributed by atoms with van der Waals surface area (Å²) in [6.45, 7) is 13.5. The molecule has 4 aromatic rings. The Morgan fingerprint density at radius 3 is 2.66 bits per heavy atom. The molecule has 0 spiro atoms. The molecular weight excluding hydrogens is 670 g/mol. The van der Waals surface area contributed by atoms with Crippen LogP contribution < -0.4 is 10.7 Å². The first-order chi connectivity index (χ1) is 25.3. The van der Waals surface area contributed by atoms with E-state index in [4.69, 9.17) is 14.5 Å². The van der Waals surface area contributed by atoms with Crippen LogP contribution in [0.25, 0.3) is 33.3 Å². The van der Waals surface area contributed by atoms with E-state index in [1.54, 1.807) is 25.4 Å². The highest BCUT2D eigenvalue weighted by atomic mass is 16.5. The van der Waals surface area contributed by atoms with E-state index in [-0.39, 0.29) is 49.0 Å². The van der Waals surface area contributed by atoms with E-state index in [1.165, 1.54) is 5.01 Å². The van der Waals surface area contributed by atoms with E-state index in [2.05, 4.69) is 60.3 Å². The summed E-state index contributed by atoms with van der Waals surface area (Å²) in [7, 11) is 1.68. The number of hydrazine groups is 1. The van der Waals surface area contributed by atoms with Crippen LogP contribution in [0.3, 0.4) is 0 Å². The average Bonchev–Trinajstić information content (AvgIpc) is 3.43. The predicted octanol–water partition coefficient (Wildman–Crippen LogP) is 6.50. The molecule has 53 heavy (non-hydrogen) atoms. The van der Waals surface area contributed by atoms with Crippen LogP contribution in [0.2, 0.25) is 0 Å². The number of amides is 2. The lowest BCUT2D eigenvalue weighted by Crippen LogP contribution is -2.60. The number of methoxy groups -OCH3 is 1. The molecule has 3 N–H and O–H groups in total. The highest BCUT2D eigenvalue weighted by Gasteiger charge is 2.35. The van der Waals surface area contributed by atoms with Crippen LogP contribution in [-0.4, -0.2) is 69.8 Å². The highest BCUT2D eigenvalue weighted by Crippen LogP contribution is 2.42. The van der Waals surface area contributed by atoms with Crippen molar-refractivity contribution in [2.45, 2.75) is 98.4 Å². The fourth-order valence-electron chi connectivity index (χ4n) is 7.69. The number of aromatic nitrogens is 2. The second-order valence-electron chi connectivity index (χ2n) is 15.7. The number of pyridine rings is 1. The molecule has 2 amide bonds. The van der Waals surface area contributed by atoms with Crippen LogP contribution in [0.15, 0.2) is 54.7 Å². The summed E-state index contributed by atoms with van der Waals surface area (Å²) < 4.78 is 14.1. The van der Waals surface area contributed by atoms with Crippen LogP contribution in [0.1, 0.15) is 83.7 Å². The van der Waals surface area contributed by atoms with Crippen molar-refractivity contribution >= 4 is 28.7 Å². The minimum absolute atomic E-state index is 0.0624. The normalized spacial score (nSPS) is 19.9. The van der Waals surface area contributed by atoms with Crippen molar-refractivity contribution in [3.8, 4) is 28.1 Å². The molecule has 1 fully saturated rings. The molecule has 2 aromatic carbocycles. The SMILES string of the molecule is CCn1c(-c2cccnc2[C@H](C)OC)c2c3cc(ccc31)-c1cc(O)cc(c1)C[C@H](NC(=O)CC(C)C)C(=O)N1CCC[C@H](N1)C(=O)OCC(C)(C)C2. The van der Waals surface area contributed by atoms with Crippen molar-refractivity contribution in [3.05, 3.63) is 71.5 Å². The number of nitrogens with zero attached hydrogens (tertiary/aromatic N) is 3. The van der Waals surface area contributed by atoms with Gasteiger partial charge in [0.2, 0.25) is 5.91 Å². The van der Waals surface area contributed by atoms with Crippen LogP contribution in [0.4, 0.5) is 0 Å². The Morgan fingerprint density at radius 2 is 1.92 bits per heavy atom. The minimum Gasteiger partial charge on any atom is -0.508 e. The Kier molecular flexibility index (Phi) is 11.3. The highest BCUT2D eigenvalue weighted by molar-refractivity contribution is 5.95. The van der Waals surface area contributed by atoms with Gasteiger partial charge in [-0.3, -0.25) is 24.4 Å². The Labute approximate surface area is 312 Å². The number of fused-ring (bicyclic) bond motifs is 6.